The van der Waals surface area contributed by atoms with Gasteiger partial charge in [0.1, 0.15) is 5.82 Å². The summed E-state index contributed by atoms with van der Waals surface area (Å²) in [5, 5.41) is 0. The van der Waals surface area contributed by atoms with Crippen LogP contribution in [0.25, 0.3) is 0 Å². The molecule has 2 aromatic rings. The van der Waals surface area contributed by atoms with Crippen molar-refractivity contribution in [1.29, 1.82) is 0 Å². The van der Waals surface area contributed by atoms with Gasteiger partial charge in [0.05, 0.1) is 19.0 Å². The molecule has 1 aromatic heterocycles. The van der Waals surface area contributed by atoms with Crippen molar-refractivity contribution in [3.05, 3.63) is 59.3 Å². The van der Waals surface area contributed by atoms with E-state index in [0.717, 1.165) is 51.0 Å². The van der Waals surface area contributed by atoms with E-state index in [9.17, 15) is 8.42 Å². The van der Waals surface area contributed by atoms with Gasteiger partial charge in [0.2, 0.25) is 10.0 Å². The normalized spacial score (nSPS) is 26.3. The first-order valence-corrected chi connectivity index (χ1v) is 14.0. The highest BCUT2D eigenvalue weighted by atomic mass is 32.2. The number of sulfonamides is 1. The van der Waals surface area contributed by atoms with E-state index in [0.29, 0.717) is 12.5 Å². The van der Waals surface area contributed by atoms with E-state index in [2.05, 4.69) is 46.7 Å². The number of hydrogen-bond donors (Lipinski definition) is 1. The van der Waals surface area contributed by atoms with Crippen LogP contribution in [0.4, 0.5) is 5.82 Å². The van der Waals surface area contributed by atoms with Crippen LogP contribution >= 0.6 is 0 Å². The summed E-state index contributed by atoms with van der Waals surface area (Å²) in [6, 6.07) is 12.7. The van der Waals surface area contributed by atoms with Crippen molar-refractivity contribution in [3.63, 3.8) is 0 Å². The first-order valence-electron chi connectivity index (χ1n) is 12.1. The summed E-state index contributed by atoms with van der Waals surface area (Å²) >= 11 is 0. The van der Waals surface area contributed by atoms with Gasteiger partial charge in [-0.2, -0.15) is 0 Å². The molecule has 2 aliphatic rings. The average molecular weight is 472 g/mol. The van der Waals surface area contributed by atoms with Crippen LogP contribution < -0.4 is 9.62 Å². The lowest BCUT2D eigenvalue weighted by atomic mass is 9.82. The number of rotatable bonds is 7. The Labute approximate surface area is 198 Å². The van der Waals surface area contributed by atoms with Crippen molar-refractivity contribution in [2.75, 3.05) is 30.9 Å². The van der Waals surface area contributed by atoms with Crippen molar-refractivity contribution < 1.29 is 13.2 Å². The second-order valence-electron chi connectivity index (χ2n) is 9.91. The van der Waals surface area contributed by atoms with Crippen molar-refractivity contribution in [1.82, 2.24) is 9.71 Å². The molecule has 6 nitrogen and oxygen atoms in total. The zero-order valence-corrected chi connectivity index (χ0v) is 20.9. The number of hydrogen-bond acceptors (Lipinski definition) is 5. The van der Waals surface area contributed by atoms with Gasteiger partial charge in [-0.15, -0.1) is 0 Å². The predicted molar refractivity (Wildman–Crippen MR) is 133 cm³/mol. The fraction of sp³-hybridized carbons (Fsp3) is 0.577. The lowest BCUT2D eigenvalue weighted by Crippen LogP contribution is -2.52. The van der Waals surface area contributed by atoms with Gasteiger partial charge in [-0.1, -0.05) is 35.4 Å². The molecule has 7 heteroatoms. The van der Waals surface area contributed by atoms with Crippen LogP contribution in [0, 0.1) is 19.8 Å². The van der Waals surface area contributed by atoms with E-state index in [1.807, 2.05) is 18.2 Å². The fourth-order valence-electron chi connectivity index (χ4n) is 5.45. The van der Waals surface area contributed by atoms with E-state index in [-0.39, 0.29) is 18.1 Å². The smallest absolute Gasteiger partial charge is 0.208 e. The number of ether oxygens (including phenoxy) is 1. The quantitative estimate of drug-likeness (QED) is 0.656. The number of aryl methyl sites for hydroxylation is 2. The van der Waals surface area contributed by atoms with Gasteiger partial charge in [0.25, 0.3) is 0 Å². The van der Waals surface area contributed by atoms with E-state index in [1.54, 1.807) is 6.20 Å². The number of aromatic nitrogens is 1. The van der Waals surface area contributed by atoms with Gasteiger partial charge in [-0.3, -0.25) is 0 Å². The second kappa shape index (κ2) is 10.5. The number of nitrogens with zero attached hydrogens (tertiary/aromatic N) is 2. The molecule has 2 heterocycles. The maximum absolute atomic E-state index is 11.9. The van der Waals surface area contributed by atoms with Crippen LogP contribution in [0.15, 0.2) is 42.6 Å². The van der Waals surface area contributed by atoms with E-state index in [1.165, 1.54) is 22.9 Å². The molecular weight excluding hydrogens is 434 g/mol. The maximum atomic E-state index is 11.9. The number of piperidine rings is 1. The first kappa shape index (κ1) is 24.2. The molecular formula is C26H37N3O3S. The first-order chi connectivity index (χ1) is 15.8. The van der Waals surface area contributed by atoms with Crippen molar-refractivity contribution in [2.24, 2.45) is 5.92 Å². The summed E-state index contributed by atoms with van der Waals surface area (Å²) in [7, 11) is -3.27. The fourth-order valence-corrected chi connectivity index (χ4v) is 6.31. The minimum absolute atomic E-state index is 0.0904. The SMILES string of the molecule is Cc1cc(C)cc(C2CCC(OCC3CN(c4ccccn4)CCC3NS(C)(=O)=O)CC2)c1. The summed E-state index contributed by atoms with van der Waals surface area (Å²) in [5.41, 5.74) is 4.13. The number of benzene rings is 1. The summed E-state index contributed by atoms with van der Waals surface area (Å²) in [6.07, 6.45) is 8.43. The van der Waals surface area contributed by atoms with Crippen molar-refractivity contribution >= 4 is 15.8 Å². The molecule has 2 fully saturated rings. The Morgan fingerprint density at radius 3 is 2.42 bits per heavy atom. The van der Waals surface area contributed by atoms with Gasteiger partial charge in [0.15, 0.2) is 0 Å². The Hall–Kier alpha value is -1.96. The van der Waals surface area contributed by atoms with Crippen molar-refractivity contribution in [3.8, 4) is 0 Å². The standard InChI is InChI=1S/C26H37N3O3S/c1-19-14-20(2)16-22(15-19)21-7-9-24(10-8-21)32-18-23-17-29(26-6-4-5-12-27-26)13-11-25(23)28-33(3,30)31/h4-6,12,14-16,21,23-25,28H,7-11,13,17-18H2,1-3H3. The molecule has 0 bridgehead atoms. The molecule has 33 heavy (non-hydrogen) atoms. The molecule has 180 valence electrons. The zero-order chi connectivity index (χ0) is 23.4. The summed E-state index contributed by atoms with van der Waals surface area (Å²) in [4.78, 5) is 6.72. The molecule has 1 saturated carbocycles. The number of anilines is 1. The molecule has 0 amide bonds. The van der Waals surface area contributed by atoms with Gasteiger partial charge in [0, 0.05) is 31.2 Å². The van der Waals surface area contributed by atoms with E-state index < -0.39 is 10.0 Å². The second-order valence-corrected chi connectivity index (χ2v) is 11.7. The molecule has 1 aliphatic heterocycles. The Bertz CT molecular complexity index is 1000. The number of pyridine rings is 1. The third-order valence-electron chi connectivity index (χ3n) is 7.01. The van der Waals surface area contributed by atoms with Crippen LogP contribution in [0.1, 0.15) is 54.7 Å². The minimum Gasteiger partial charge on any atom is -0.378 e. The Kier molecular flexibility index (Phi) is 7.72. The maximum Gasteiger partial charge on any atom is 0.208 e. The number of nitrogens with one attached hydrogen (secondary N) is 1. The minimum atomic E-state index is -3.27. The van der Waals surface area contributed by atoms with Gasteiger partial charge >= 0.3 is 0 Å². The molecule has 2 atom stereocenters. The van der Waals surface area contributed by atoms with Crippen LogP contribution in [0.5, 0.6) is 0 Å². The summed E-state index contributed by atoms with van der Waals surface area (Å²) in [6.45, 7) is 6.43. The highest BCUT2D eigenvalue weighted by molar-refractivity contribution is 7.88. The van der Waals surface area contributed by atoms with Crippen LogP contribution in [0.2, 0.25) is 0 Å². The summed E-state index contributed by atoms with van der Waals surface area (Å²) < 4.78 is 33.1. The van der Waals surface area contributed by atoms with Crippen LogP contribution in [-0.2, 0) is 14.8 Å². The topological polar surface area (TPSA) is 71.5 Å². The molecule has 0 spiro atoms. The van der Waals surface area contributed by atoms with Gasteiger partial charge in [-0.25, -0.2) is 18.1 Å². The molecule has 1 aromatic carbocycles. The average Bonchev–Trinajstić information content (AvgIpc) is 2.78. The highest BCUT2D eigenvalue weighted by Crippen LogP contribution is 2.35. The van der Waals surface area contributed by atoms with E-state index in [4.69, 9.17) is 4.74 Å². The highest BCUT2D eigenvalue weighted by Gasteiger charge is 2.33. The predicted octanol–water partition coefficient (Wildman–Crippen LogP) is 4.19. The lowest BCUT2D eigenvalue weighted by molar-refractivity contribution is -0.00213. The molecule has 2 unspecified atom stereocenters. The summed E-state index contributed by atoms with van der Waals surface area (Å²) in [5.74, 6) is 1.64. The van der Waals surface area contributed by atoms with Gasteiger partial charge in [-0.05, 0) is 69.6 Å². The van der Waals surface area contributed by atoms with E-state index >= 15 is 0 Å². The molecule has 0 radical (unpaired) electrons. The molecule has 1 aliphatic carbocycles. The Balaban J connectivity index is 1.35. The third kappa shape index (κ3) is 6.78. The third-order valence-corrected chi connectivity index (χ3v) is 7.74. The van der Waals surface area contributed by atoms with Crippen LogP contribution in [0.3, 0.4) is 0 Å². The molecule has 1 N–H and O–H groups in total. The molecule has 1 saturated heterocycles. The Morgan fingerprint density at radius 1 is 1.06 bits per heavy atom. The monoisotopic (exact) mass is 471 g/mol. The largest absolute Gasteiger partial charge is 0.378 e. The Morgan fingerprint density at radius 2 is 1.79 bits per heavy atom. The van der Waals surface area contributed by atoms with Crippen molar-refractivity contribution in [2.45, 2.75) is 64.0 Å². The zero-order valence-electron chi connectivity index (χ0n) is 20.0. The van der Waals surface area contributed by atoms with Gasteiger partial charge < -0.3 is 9.64 Å². The molecule has 4 rings (SSSR count). The lowest BCUT2D eigenvalue weighted by Gasteiger charge is -2.40. The van der Waals surface area contributed by atoms with Crippen LogP contribution in [-0.4, -0.2) is 51.5 Å².